The van der Waals surface area contributed by atoms with Crippen LogP contribution in [0, 0.1) is 0 Å². The number of rotatable bonds is 7. The normalized spacial score (nSPS) is 12.6. The molecule has 292 valence electrons. The molecule has 61 heavy (non-hydrogen) atoms. The van der Waals surface area contributed by atoms with Gasteiger partial charge in [-0.15, -0.1) is 0 Å². The molecule has 2 heterocycles. The third-order valence-electron chi connectivity index (χ3n) is 12.2. The fourth-order valence-corrected chi connectivity index (χ4v) is 9.38. The van der Waals surface area contributed by atoms with Crippen LogP contribution in [0.15, 0.2) is 212 Å². The van der Waals surface area contributed by atoms with E-state index in [9.17, 15) is 0 Å². The van der Waals surface area contributed by atoms with Crippen LogP contribution in [-0.2, 0) is 5.41 Å². The Kier molecular flexibility index (Phi) is 8.78. The van der Waals surface area contributed by atoms with Gasteiger partial charge in [0.25, 0.3) is 6.71 Å². The molecule has 2 aliphatic heterocycles. The highest BCUT2D eigenvalue weighted by Crippen LogP contribution is 2.48. The summed E-state index contributed by atoms with van der Waals surface area (Å²) in [5.41, 5.74) is 14.6. The Bertz CT molecular complexity index is 2960. The van der Waals surface area contributed by atoms with Gasteiger partial charge in [0.05, 0.1) is 5.69 Å². The molecule has 0 spiro atoms. The van der Waals surface area contributed by atoms with Crippen LogP contribution in [0.25, 0.3) is 10.8 Å². The molecule has 9 aromatic carbocycles. The van der Waals surface area contributed by atoms with Crippen molar-refractivity contribution >= 4 is 85.1 Å². The highest BCUT2D eigenvalue weighted by molar-refractivity contribution is 7.00. The van der Waals surface area contributed by atoms with Crippen molar-refractivity contribution in [1.82, 2.24) is 0 Å². The van der Waals surface area contributed by atoms with Crippen LogP contribution in [-0.4, -0.2) is 6.71 Å². The lowest BCUT2D eigenvalue weighted by atomic mass is 9.33. The Morgan fingerprint density at radius 2 is 0.918 bits per heavy atom. The van der Waals surface area contributed by atoms with E-state index >= 15 is 0 Å². The number of ether oxygens (including phenoxy) is 1. The van der Waals surface area contributed by atoms with Crippen molar-refractivity contribution in [3.63, 3.8) is 0 Å². The molecule has 0 unspecified atom stereocenters. The maximum Gasteiger partial charge on any atom is 0.257 e. The van der Waals surface area contributed by atoms with Crippen molar-refractivity contribution in [3.05, 3.63) is 218 Å². The third kappa shape index (κ3) is 6.24. The highest BCUT2D eigenvalue weighted by atomic mass is 16.5. The molecule has 0 aliphatic carbocycles. The Morgan fingerprint density at radius 1 is 0.426 bits per heavy atom. The van der Waals surface area contributed by atoms with Gasteiger partial charge in [-0.05, 0) is 118 Å². The predicted octanol–water partition coefficient (Wildman–Crippen LogP) is 13.5. The topological polar surface area (TPSA) is 19.0 Å². The maximum atomic E-state index is 7.35. The minimum atomic E-state index is -0.140. The van der Waals surface area contributed by atoms with Crippen molar-refractivity contribution in [3.8, 4) is 11.5 Å². The summed E-state index contributed by atoms with van der Waals surface area (Å²) in [6, 6.07) is 76.4. The first kappa shape index (κ1) is 36.6. The zero-order valence-electron chi connectivity index (χ0n) is 34.5. The van der Waals surface area contributed by atoms with Crippen LogP contribution in [0.4, 0.5) is 51.2 Å². The first-order valence-corrected chi connectivity index (χ1v) is 21.1. The van der Waals surface area contributed by atoms with E-state index in [-0.39, 0.29) is 12.1 Å². The van der Waals surface area contributed by atoms with Gasteiger partial charge in [-0.3, -0.25) is 0 Å². The third-order valence-corrected chi connectivity index (χ3v) is 12.2. The van der Waals surface area contributed by atoms with Crippen LogP contribution in [0.1, 0.15) is 26.3 Å². The molecular formula is C56H44BN3O. The van der Waals surface area contributed by atoms with E-state index in [1.165, 1.54) is 27.3 Å². The minimum Gasteiger partial charge on any atom is -0.458 e. The van der Waals surface area contributed by atoms with Gasteiger partial charge in [-0.25, -0.2) is 0 Å². The summed E-state index contributed by atoms with van der Waals surface area (Å²) in [5.74, 6) is 1.77. The number of para-hydroxylation sites is 5. The van der Waals surface area contributed by atoms with Crippen molar-refractivity contribution in [2.24, 2.45) is 0 Å². The second-order valence-corrected chi connectivity index (χ2v) is 17.0. The second kappa shape index (κ2) is 14.7. The monoisotopic (exact) mass is 785 g/mol. The van der Waals surface area contributed by atoms with Crippen molar-refractivity contribution in [2.75, 3.05) is 14.7 Å². The number of anilines is 9. The Balaban J connectivity index is 1.21. The Hall–Kier alpha value is -7.50. The van der Waals surface area contributed by atoms with Gasteiger partial charge in [-0.1, -0.05) is 142 Å². The van der Waals surface area contributed by atoms with E-state index in [1.807, 2.05) is 0 Å². The smallest absolute Gasteiger partial charge is 0.257 e. The molecule has 0 radical (unpaired) electrons. The number of fused-ring (bicyclic) bond motifs is 6. The Labute approximate surface area is 358 Å². The molecule has 0 amide bonds. The first-order chi connectivity index (χ1) is 29.9. The molecule has 9 aromatic rings. The van der Waals surface area contributed by atoms with E-state index in [4.69, 9.17) is 4.74 Å². The highest BCUT2D eigenvalue weighted by Gasteiger charge is 2.44. The molecule has 0 saturated heterocycles. The van der Waals surface area contributed by atoms with Crippen molar-refractivity contribution in [1.29, 1.82) is 0 Å². The molecule has 2 aliphatic rings. The standard InChI is InChI=1S/C56H44BN3O/c1-56(2,3)39-35-51-55-52(36-39)61-53-38-49(59(42-25-13-6-14-26-42)43-27-15-7-16-28-43)46-31-19-20-32-47(46)54(53)57(55)48-34-33-45(37-50(48)60(51)44-29-17-8-18-30-44)58(40-21-9-4-10-22-40)41-23-11-5-12-24-41/h4-38H,1-3H3. The summed E-state index contributed by atoms with van der Waals surface area (Å²) in [7, 11) is 0. The van der Waals surface area contributed by atoms with Gasteiger partial charge in [0.2, 0.25) is 0 Å². The van der Waals surface area contributed by atoms with Crippen LogP contribution < -0.4 is 35.8 Å². The zero-order valence-corrected chi connectivity index (χ0v) is 34.5. The molecule has 5 heteroatoms. The van der Waals surface area contributed by atoms with Crippen LogP contribution in [0.3, 0.4) is 0 Å². The number of nitrogens with zero attached hydrogens (tertiary/aromatic N) is 3. The van der Waals surface area contributed by atoms with Crippen LogP contribution >= 0.6 is 0 Å². The van der Waals surface area contributed by atoms with Crippen molar-refractivity contribution in [2.45, 2.75) is 26.2 Å². The lowest BCUT2D eigenvalue weighted by Gasteiger charge is -2.42. The lowest BCUT2D eigenvalue weighted by molar-refractivity contribution is 0.484. The zero-order chi connectivity index (χ0) is 41.1. The first-order valence-electron chi connectivity index (χ1n) is 21.1. The summed E-state index contributed by atoms with van der Waals surface area (Å²) >= 11 is 0. The summed E-state index contributed by atoms with van der Waals surface area (Å²) in [5, 5.41) is 2.34. The molecule has 0 aromatic heterocycles. The van der Waals surface area contributed by atoms with Crippen LogP contribution in [0.2, 0.25) is 0 Å². The fraction of sp³-hybridized carbons (Fsp3) is 0.0714. The number of benzene rings is 9. The fourth-order valence-electron chi connectivity index (χ4n) is 9.38. The summed E-state index contributed by atoms with van der Waals surface area (Å²) in [6.45, 7) is 6.77. The summed E-state index contributed by atoms with van der Waals surface area (Å²) in [6.07, 6.45) is 0. The van der Waals surface area contributed by atoms with E-state index in [2.05, 4.69) is 248 Å². The van der Waals surface area contributed by atoms with E-state index in [1.54, 1.807) is 0 Å². The quantitative estimate of drug-likeness (QED) is 0.150. The van der Waals surface area contributed by atoms with Crippen molar-refractivity contribution < 1.29 is 4.74 Å². The van der Waals surface area contributed by atoms with Crippen LogP contribution in [0.5, 0.6) is 11.5 Å². The molecule has 0 saturated carbocycles. The molecule has 0 atom stereocenters. The lowest BCUT2D eigenvalue weighted by Crippen LogP contribution is -2.60. The summed E-state index contributed by atoms with van der Waals surface area (Å²) < 4.78 is 7.35. The Morgan fingerprint density at radius 3 is 1.48 bits per heavy atom. The van der Waals surface area contributed by atoms with Gasteiger partial charge in [0, 0.05) is 57.0 Å². The SMILES string of the molecule is CC(C)(C)c1cc2c3c(c1)N(c1ccccc1)c1cc(N(c4ccccc4)c4ccccc4)ccc1B3c1c(cc(N(c3ccccc3)c3ccccc3)c3ccccc13)O2. The van der Waals surface area contributed by atoms with E-state index in [0.29, 0.717) is 0 Å². The van der Waals surface area contributed by atoms with Gasteiger partial charge < -0.3 is 19.4 Å². The second-order valence-electron chi connectivity index (χ2n) is 17.0. The average Bonchev–Trinajstić information content (AvgIpc) is 3.30. The molecule has 0 fully saturated rings. The molecule has 0 bridgehead atoms. The van der Waals surface area contributed by atoms with Gasteiger partial charge >= 0.3 is 0 Å². The van der Waals surface area contributed by atoms with E-state index in [0.717, 1.165) is 68.1 Å². The minimum absolute atomic E-state index is 0.102. The van der Waals surface area contributed by atoms with E-state index < -0.39 is 0 Å². The number of hydrogen-bond donors (Lipinski definition) is 0. The average molecular weight is 786 g/mol. The molecule has 0 N–H and O–H groups in total. The largest absolute Gasteiger partial charge is 0.458 e. The van der Waals surface area contributed by atoms with Gasteiger partial charge in [0.15, 0.2) is 0 Å². The molecular weight excluding hydrogens is 741 g/mol. The van der Waals surface area contributed by atoms with Gasteiger partial charge in [0.1, 0.15) is 11.5 Å². The number of hydrogen-bond acceptors (Lipinski definition) is 4. The molecule has 4 nitrogen and oxygen atoms in total. The molecule has 11 rings (SSSR count). The van der Waals surface area contributed by atoms with Gasteiger partial charge in [-0.2, -0.15) is 0 Å². The summed E-state index contributed by atoms with van der Waals surface area (Å²) in [4.78, 5) is 7.19. The maximum absolute atomic E-state index is 7.35. The predicted molar refractivity (Wildman–Crippen MR) is 258 cm³/mol.